The number of ether oxygens (including phenoxy) is 2. The van der Waals surface area contributed by atoms with Crippen LogP contribution in [-0.2, 0) is 9.47 Å². The smallest absolute Gasteiger partial charge is 0.187 e. The van der Waals surface area contributed by atoms with Crippen molar-refractivity contribution in [3.05, 3.63) is 0 Å². The highest BCUT2D eigenvalue weighted by Gasteiger charge is 2.47. The van der Waals surface area contributed by atoms with Gasteiger partial charge >= 0.3 is 0 Å². The largest absolute Gasteiger partial charge is 0.393 e. The lowest BCUT2D eigenvalue weighted by atomic mass is 9.91. The van der Waals surface area contributed by atoms with E-state index >= 15 is 0 Å². The lowest BCUT2D eigenvalue weighted by Gasteiger charge is -2.45. The molecule has 0 bridgehead atoms. The van der Waals surface area contributed by atoms with Gasteiger partial charge in [0.05, 0.1) is 24.9 Å². The van der Waals surface area contributed by atoms with Crippen molar-refractivity contribution in [1.82, 2.24) is 0 Å². The van der Waals surface area contributed by atoms with Crippen molar-refractivity contribution in [2.75, 3.05) is 13.2 Å². The van der Waals surface area contributed by atoms with Gasteiger partial charge in [0.15, 0.2) is 6.29 Å². The molecule has 1 aliphatic heterocycles. The van der Waals surface area contributed by atoms with E-state index < -0.39 is 42.9 Å². The molecule has 0 saturated carbocycles. The molecule has 1 aliphatic rings. The fourth-order valence-corrected chi connectivity index (χ4v) is 1.74. The molecule has 6 heteroatoms. The molecule has 0 radical (unpaired) electrons. The summed E-state index contributed by atoms with van der Waals surface area (Å²) in [5, 5.41) is 37.9. The van der Waals surface area contributed by atoms with Crippen LogP contribution in [0.5, 0.6) is 0 Å². The van der Waals surface area contributed by atoms with Gasteiger partial charge in [-0.15, -0.1) is 0 Å². The molecule has 0 aromatic carbocycles. The Balaban J connectivity index is 2.81. The van der Waals surface area contributed by atoms with Crippen molar-refractivity contribution in [2.24, 2.45) is 0 Å². The first-order valence-corrected chi connectivity index (χ1v) is 5.66. The summed E-state index contributed by atoms with van der Waals surface area (Å²) < 4.78 is 10.9. The normalized spacial score (nSPS) is 33.7. The van der Waals surface area contributed by atoms with E-state index in [1.54, 1.807) is 20.8 Å². The molecule has 1 heterocycles. The Morgan fingerprint density at radius 3 is 2.18 bits per heavy atom. The standard InChI is InChI=1S/C11H22O6/c1-10(2,3)16-9-8(15)7(14)4-11(5-12,6-13)17-9/h7-9,12-15H,4-6H2,1-3H3/t7?,8?,9-/m1/s1. The van der Waals surface area contributed by atoms with Crippen molar-refractivity contribution >= 4 is 0 Å². The van der Waals surface area contributed by atoms with Crippen molar-refractivity contribution in [3.63, 3.8) is 0 Å². The van der Waals surface area contributed by atoms with E-state index in [0.29, 0.717) is 0 Å². The zero-order valence-corrected chi connectivity index (χ0v) is 10.5. The minimum absolute atomic E-state index is 0.0365. The van der Waals surface area contributed by atoms with Crippen LogP contribution in [0.4, 0.5) is 0 Å². The predicted molar refractivity (Wildman–Crippen MR) is 59.2 cm³/mol. The quantitative estimate of drug-likeness (QED) is 0.512. The Hall–Kier alpha value is -0.240. The topological polar surface area (TPSA) is 99.4 Å². The van der Waals surface area contributed by atoms with Crippen LogP contribution in [0.15, 0.2) is 0 Å². The first kappa shape index (κ1) is 14.8. The molecule has 1 rings (SSSR count). The minimum Gasteiger partial charge on any atom is -0.393 e. The molecular weight excluding hydrogens is 228 g/mol. The van der Waals surface area contributed by atoms with Crippen LogP contribution in [0, 0.1) is 0 Å². The molecule has 0 spiro atoms. The molecule has 4 N–H and O–H groups in total. The van der Waals surface area contributed by atoms with Gasteiger partial charge in [-0.25, -0.2) is 0 Å². The van der Waals surface area contributed by atoms with Gasteiger partial charge in [0.1, 0.15) is 11.7 Å². The highest BCUT2D eigenvalue weighted by Crippen LogP contribution is 2.31. The Morgan fingerprint density at radius 1 is 1.24 bits per heavy atom. The van der Waals surface area contributed by atoms with E-state index in [-0.39, 0.29) is 6.42 Å². The molecule has 0 amide bonds. The summed E-state index contributed by atoms with van der Waals surface area (Å²) in [6, 6.07) is 0. The van der Waals surface area contributed by atoms with Crippen LogP contribution in [0.25, 0.3) is 0 Å². The molecule has 0 aromatic heterocycles. The Labute approximate surface area is 101 Å². The van der Waals surface area contributed by atoms with Crippen LogP contribution in [0.1, 0.15) is 27.2 Å². The zero-order valence-electron chi connectivity index (χ0n) is 10.5. The summed E-state index contributed by atoms with van der Waals surface area (Å²) in [7, 11) is 0. The van der Waals surface area contributed by atoms with Crippen LogP contribution in [-0.4, -0.2) is 63.3 Å². The highest BCUT2D eigenvalue weighted by molar-refractivity contribution is 4.92. The van der Waals surface area contributed by atoms with E-state index in [0.717, 1.165) is 0 Å². The van der Waals surface area contributed by atoms with Gasteiger partial charge in [-0.1, -0.05) is 0 Å². The van der Waals surface area contributed by atoms with Crippen LogP contribution in [0.3, 0.4) is 0 Å². The summed E-state index contributed by atoms with van der Waals surface area (Å²) in [6.07, 6.45) is -3.40. The van der Waals surface area contributed by atoms with Gasteiger partial charge in [-0.2, -0.15) is 0 Å². The molecule has 1 fully saturated rings. The molecule has 2 unspecified atom stereocenters. The second-order valence-corrected chi connectivity index (χ2v) is 5.48. The first-order chi connectivity index (χ1) is 7.73. The van der Waals surface area contributed by atoms with Crippen molar-refractivity contribution in [3.8, 4) is 0 Å². The number of rotatable bonds is 3. The fraction of sp³-hybridized carbons (Fsp3) is 1.00. The molecular formula is C11H22O6. The molecule has 6 nitrogen and oxygen atoms in total. The Morgan fingerprint density at radius 2 is 1.76 bits per heavy atom. The predicted octanol–water partition coefficient (Wildman–Crippen LogP) is -1.01. The fourth-order valence-electron chi connectivity index (χ4n) is 1.74. The van der Waals surface area contributed by atoms with E-state index in [1.807, 2.05) is 0 Å². The van der Waals surface area contributed by atoms with Gasteiger partial charge in [-0.05, 0) is 20.8 Å². The average molecular weight is 250 g/mol. The van der Waals surface area contributed by atoms with Gasteiger partial charge in [0.25, 0.3) is 0 Å². The SMILES string of the molecule is CC(C)(C)O[C@@H]1OC(CO)(CO)CC(O)C1O. The maximum absolute atomic E-state index is 9.76. The third-order valence-electron chi connectivity index (χ3n) is 2.67. The third-order valence-corrected chi connectivity index (χ3v) is 2.67. The number of aliphatic hydroxyl groups excluding tert-OH is 4. The molecule has 3 atom stereocenters. The van der Waals surface area contributed by atoms with E-state index in [4.69, 9.17) is 9.47 Å². The van der Waals surface area contributed by atoms with Crippen LogP contribution >= 0.6 is 0 Å². The first-order valence-electron chi connectivity index (χ1n) is 5.66. The van der Waals surface area contributed by atoms with E-state index in [2.05, 4.69) is 0 Å². The number of aliphatic hydroxyl groups is 4. The number of hydrogen-bond acceptors (Lipinski definition) is 6. The maximum atomic E-state index is 9.76. The summed E-state index contributed by atoms with van der Waals surface area (Å²) in [4.78, 5) is 0. The molecule has 102 valence electrons. The Bertz CT molecular complexity index is 245. The Kier molecular flexibility index (Phi) is 4.51. The van der Waals surface area contributed by atoms with E-state index in [9.17, 15) is 20.4 Å². The molecule has 0 aromatic rings. The number of hydrogen-bond donors (Lipinski definition) is 4. The second kappa shape index (κ2) is 5.17. The average Bonchev–Trinajstić information content (AvgIpc) is 2.22. The van der Waals surface area contributed by atoms with Gasteiger partial charge in [0.2, 0.25) is 0 Å². The lowest BCUT2D eigenvalue weighted by molar-refractivity contribution is -0.331. The van der Waals surface area contributed by atoms with Gasteiger partial charge in [0, 0.05) is 6.42 Å². The second-order valence-electron chi connectivity index (χ2n) is 5.48. The van der Waals surface area contributed by atoms with Crippen LogP contribution < -0.4 is 0 Å². The van der Waals surface area contributed by atoms with E-state index in [1.165, 1.54) is 0 Å². The molecule has 17 heavy (non-hydrogen) atoms. The lowest BCUT2D eigenvalue weighted by Crippen LogP contribution is -2.59. The maximum Gasteiger partial charge on any atom is 0.187 e. The van der Waals surface area contributed by atoms with Crippen molar-refractivity contribution < 1.29 is 29.9 Å². The summed E-state index contributed by atoms with van der Waals surface area (Å²) in [6.45, 7) is 4.45. The zero-order chi connectivity index (χ0) is 13.3. The minimum atomic E-state index is -1.27. The highest BCUT2D eigenvalue weighted by atomic mass is 16.7. The third kappa shape index (κ3) is 3.61. The van der Waals surface area contributed by atoms with Crippen LogP contribution in [0.2, 0.25) is 0 Å². The van der Waals surface area contributed by atoms with Gasteiger partial charge in [-0.3, -0.25) is 0 Å². The monoisotopic (exact) mass is 250 g/mol. The summed E-state index contributed by atoms with van der Waals surface area (Å²) in [5.41, 5.74) is -1.84. The molecule has 1 saturated heterocycles. The van der Waals surface area contributed by atoms with Gasteiger partial charge < -0.3 is 29.9 Å². The van der Waals surface area contributed by atoms with Crippen molar-refractivity contribution in [1.29, 1.82) is 0 Å². The van der Waals surface area contributed by atoms with Crippen molar-refractivity contribution in [2.45, 2.75) is 56.9 Å². The summed E-state index contributed by atoms with van der Waals surface area (Å²) in [5.74, 6) is 0. The summed E-state index contributed by atoms with van der Waals surface area (Å²) >= 11 is 0. The molecule has 0 aliphatic carbocycles.